The van der Waals surface area contributed by atoms with Crippen LogP contribution in [0.4, 0.5) is 5.69 Å². The molecule has 3 aromatic carbocycles. The van der Waals surface area contributed by atoms with Crippen molar-refractivity contribution in [1.82, 2.24) is 0 Å². The van der Waals surface area contributed by atoms with Crippen LogP contribution in [0.25, 0.3) is 0 Å². The van der Waals surface area contributed by atoms with Gasteiger partial charge in [-0.1, -0.05) is 36.4 Å². The van der Waals surface area contributed by atoms with Gasteiger partial charge in [-0.3, -0.25) is 9.69 Å². The highest BCUT2D eigenvalue weighted by atomic mass is 16.5. The number of hydrogen-bond acceptors (Lipinski definition) is 5. The number of para-hydroxylation sites is 2. The van der Waals surface area contributed by atoms with Crippen molar-refractivity contribution >= 4 is 17.6 Å². The number of ether oxygens (including phenoxy) is 2. The Morgan fingerprint density at radius 1 is 1.04 bits per heavy atom. The van der Waals surface area contributed by atoms with E-state index in [0.717, 1.165) is 0 Å². The number of rotatable bonds is 4. The Balaban J connectivity index is 1.49. The SMILES string of the molecule is O=C(OCc1cccc(N2COc3ccccc3C2=O)c1)c1ccccc1O. The van der Waals surface area contributed by atoms with Gasteiger partial charge in [0, 0.05) is 5.69 Å². The summed E-state index contributed by atoms with van der Waals surface area (Å²) in [4.78, 5) is 26.4. The summed E-state index contributed by atoms with van der Waals surface area (Å²) in [5.74, 6) is -0.326. The lowest BCUT2D eigenvalue weighted by Crippen LogP contribution is -2.38. The van der Waals surface area contributed by atoms with Crippen LogP contribution in [0.2, 0.25) is 0 Å². The summed E-state index contributed by atoms with van der Waals surface area (Å²) in [7, 11) is 0. The van der Waals surface area contributed by atoms with Crippen molar-refractivity contribution in [3.63, 3.8) is 0 Å². The highest BCUT2D eigenvalue weighted by Gasteiger charge is 2.26. The van der Waals surface area contributed by atoms with Crippen LogP contribution in [-0.4, -0.2) is 23.7 Å². The summed E-state index contributed by atoms with van der Waals surface area (Å²) in [5.41, 5.74) is 1.98. The fourth-order valence-corrected chi connectivity index (χ4v) is 2.99. The summed E-state index contributed by atoms with van der Waals surface area (Å²) in [6.07, 6.45) is 0. The standard InChI is InChI=1S/C22H17NO5/c24-19-10-3-1-8-17(19)22(26)27-13-15-6-5-7-16(12-15)23-14-28-20-11-4-2-9-18(20)21(23)25/h1-12,24H,13-14H2. The molecule has 1 amide bonds. The predicted octanol–water partition coefficient (Wildman–Crippen LogP) is 3.75. The predicted molar refractivity (Wildman–Crippen MR) is 102 cm³/mol. The van der Waals surface area contributed by atoms with E-state index >= 15 is 0 Å². The number of fused-ring (bicyclic) bond motifs is 1. The van der Waals surface area contributed by atoms with E-state index in [9.17, 15) is 14.7 Å². The minimum Gasteiger partial charge on any atom is -0.507 e. The van der Waals surface area contributed by atoms with E-state index in [1.807, 2.05) is 6.07 Å². The molecule has 0 saturated heterocycles. The zero-order valence-corrected chi connectivity index (χ0v) is 14.9. The van der Waals surface area contributed by atoms with Gasteiger partial charge in [0.25, 0.3) is 5.91 Å². The van der Waals surface area contributed by atoms with Crippen LogP contribution in [0.5, 0.6) is 11.5 Å². The lowest BCUT2D eigenvalue weighted by Gasteiger charge is -2.29. The molecule has 0 radical (unpaired) electrons. The van der Waals surface area contributed by atoms with E-state index in [2.05, 4.69) is 0 Å². The largest absolute Gasteiger partial charge is 0.507 e. The second-order valence-corrected chi connectivity index (χ2v) is 6.27. The number of anilines is 1. The Morgan fingerprint density at radius 2 is 1.82 bits per heavy atom. The fourth-order valence-electron chi connectivity index (χ4n) is 2.99. The summed E-state index contributed by atoms with van der Waals surface area (Å²) in [5, 5.41) is 9.74. The van der Waals surface area contributed by atoms with Crippen molar-refractivity contribution in [2.45, 2.75) is 6.61 Å². The highest BCUT2D eigenvalue weighted by molar-refractivity contribution is 6.08. The highest BCUT2D eigenvalue weighted by Crippen LogP contribution is 2.28. The van der Waals surface area contributed by atoms with Crippen LogP contribution in [-0.2, 0) is 11.3 Å². The molecular weight excluding hydrogens is 358 g/mol. The first kappa shape index (κ1) is 17.6. The van der Waals surface area contributed by atoms with Gasteiger partial charge in [-0.25, -0.2) is 4.79 Å². The summed E-state index contributed by atoms with van der Waals surface area (Å²) >= 11 is 0. The van der Waals surface area contributed by atoms with Crippen molar-refractivity contribution in [3.8, 4) is 11.5 Å². The second kappa shape index (κ2) is 7.44. The van der Waals surface area contributed by atoms with Crippen LogP contribution in [0.15, 0.2) is 72.8 Å². The average molecular weight is 375 g/mol. The third-order valence-corrected chi connectivity index (χ3v) is 4.43. The minimum absolute atomic E-state index is 0.0144. The van der Waals surface area contributed by atoms with Gasteiger partial charge in [0.05, 0.1) is 5.56 Å². The molecule has 6 nitrogen and oxygen atoms in total. The van der Waals surface area contributed by atoms with E-state index in [4.69, 9.17) is 9.47 Å². The molecule has 28 heavy (non-hydrogen) atoms. The van der Waals surface area contributed by atoms with Crippen molar-refractivity contribution < 1.29 is 24.2 Å². The normalized spacial score (nSPS) is 12.9. The van der Waals surface area contributed by atoms with Gasteiger partial charge in [0.2, 0.25) is 0 Å². The number of amides is 1. The van der Waals surface area contributed by atoms with E-state index in [1.54, 1.807) is 54.6 Å². The first-order valence-corrected chi connectivity index (χ1v) is 8.71. The van der Waals surface area contributed by atoms with Gasteiger partial charge in [0.15, 0.2) is 6.73 Å². The van der Waals surface area contributed by atoms with Crippen LogP contribution >= 0.6 is 0 Å². The molecule has 1 N–H and O–H groups in total. The number of carbonyl (C=O) groups excluding carboxylic acids is 2. The number of esters is 1. The van der Waals surface area contributed by atoms with E-state index < -0.39 is 5.97 Å². The van der Waals surface area contributed by atoms with Crippen molar-refractivity contribution in [2.24, 2.45) is 0 Å². The van der Waals surface area contributed by atoms with E-state index in [-0.39, 0.29) is 30.6 Å². The van der Waals surface area contributed by atoms with Crippen molar-refractivity contribution in [3.05, 3.63) is 89.5 Å². The number of aromatic hydroxyl groups is 1. The van der Waals surface area contributed by atoms with Crippen LogP contribution in [0.3, 0.4) is 0 Å². The Bertz CT molecular complexity index is 1050. The topological polar surface area (TPSA) is 76.1 Å². The van der Waals surface area contributed by atoms with Gasteiger partial charge in [-0.15, -0.1) is 0 Å². The molecule has 0 aromatic heterocycles. The lowest BCUT2D eigenvalue weighted by molar-refractivity contribution is 0.0469. The number of carbonyl (C=O) groups is 2. The zero-order valence-electron chi connectivity index (χ0n) is 14.9. The Morgan fingerprint density at radius 3 is 2.68 bits per heavy atom. The molecule has 0 atom stereocenters. The third kappa shape index (κ3) is 3.40. The first-order valence-electron chi connectivity index (χ1n) is 8.71. The fraction of sp³-hybridized carbons (Fsp3) is 0.0909. The summed E-state index contributed by atoms with van der Waals surface area (Å²) in [6.45, 7) is 0.122. The Hall–Kier alpha value is -3.80. The molecule has 0 fully saturated rings. The molecular formula is C22H17NO5. The van der Waals surface area contributed by atoms with E-state index in [1.165, 1.54) is 17.0 Å². The lowest BCUT2D eigenvalue weighted by atomic mass is 10.1. The van der Waals surface area contributed by atoms with Crippen LogP contribution in [0, 0.1) is 0 Å². The summed E-state index contributed by atoms with van der Waals surface area (Å²) in [6, 6.07) is 20.4. The number of phenolic OH excluding ortho intramolecular Hbond substituents is 1. The number of nitrogens with zero attached hydrogens (tertiary/aromatic N) is 1. The Labute approximate surface area is 161 Å². The quantitative estimate of drug-likeness (QED) is 0.703. The van der Waals surface area contributed by atoms with Crippen molar-refractivity contribution in [1.29, 1.82) is 0 Å². The molecule has 3 aromatic rings. The minimum atomic E-state index is -0.616. The maximum atomic E-state index is 12.7. The van der Waals surface area contributed by atoms with Gasteiger partial charge in [0.1, 0.15) is 23.7 Å². The maximum Gasteiger partial charge on any atom is 0.342 e. The molecule has 6 heteroatoms. The molecule has 0 bridgehead atoms. The van der Waals surface area contributed by atoms with Gasteiger partial charge in [-0.2, -0.15) is 0 Å². The number of hydrogen-bond donors (Lipinski definition) is 1. The van der Waals surface area contributed by atoms with Crippen LogP contribution < -0.4 is 9.64 Å². The smallest absolute Gasteiger partial charge is 0.342 e. The second-order valence-electron chi connectivity index (χ2n) is 6.27. The summed E-state index contributed by atoms with van der Waals surface area (Å²) < 4.78 is 10.9. The van der Waals surface area contributed by atoms with E-state index in [0.29, 0.717) is 22.6 Å². The monoisotopic (exact) mass is 375 g/mol. The molecule has 1 heterocycles. The molecule has 0 spiro atoms. The van der Waals surface area contributed by atoms with Gasteiger partial charge < -0.3 is 14.6 Å². The zero-order chi connectivity index (χ0) is 19.5. The molecule has 1 aliphatic rings. The van der Waals surface area contributed by atoms with Crippen LogP contribution in [0.1, 0.15) is 26.3 Å². The molecule has 140 valence electrons. The molecule has 0 saturated carbocycles. The average Bonchev–Trinajstić information content (AvgIpc) is 2.73. The molecule has 0 unspecified atom stereocenters. The van der Waals surface area contributed by atoms with Crippen molar-refractivity contribution in [2.75, 3.05) is 11.6 Å². The van der Waals surface area contributed by atoms with Gasteiger partial charge >= 0.3 is 5.97 Å². The third-order valence-electron chi connectivity index (χ3n) is 4.43. The number of phenols is 1. The molecule has 0 aliphatic carbocycles. The Kier molecular flexibility index (Phi) is 4.68. The first-order chi connectivity index (χ1) is 13.6. The molecule has 1 aliphatic heterocycles. The molecule has 4 rings (SSSR count). The number of benzene rings is 3. The maximum absolute atomic E-state index is 12.7. The van der Waals surface area contributed by atoms with Gasteiger partial charge in [-0.05, 0) is 42.0 Å².